The molecule has 0 heterocycles. The highest BCUT2D eigenvalue weighted by Gasteiger charge is 2.16. The molecule has 4 heteroatoms. The molecule has 0 aliphatic carbocycles. The number of carbonyl (C=O) groups excluding carboxylic acids is 2. The average Bonchev–Trinajstić information content (AvgIpc) is 2.55. The summed E-state index contributed by atoms with van der Waals surface area (Å²) in [5, 5.41) is 5.77. The van der Waals surface area contributed by atoms with Crippen LogP contribution in [0.2, 0.25) is 0 Å². The van der Waals surface area contributed by atoms with Crippen molar-refractivity contribution in [1.82, 2.24) is 5.32 Å². The van der Waals surface area contributed by atoms with Crippen LogP contribution in [-0.4, -0.2) is 11.8 Å². The van der Waals surface area contributed by atoms with Crippen molar-refractivity contribution in [3.63, 3.8) is 0 Å². The molecule has 2 aromatic carbocycles. The van der Waals surface area contributed by atoms with Gasteiger partial charge in [-0.05, 0) is 24.6 Å². The predicted molar refractivity (Wildman–Crippen MR) is 92.2 cm³/mol. The Balaban J connectivity index is 2.15. The molecule has 23 heavy (non-hydrogen) atoms. The van der Waals surface area contributed by atoms with Gasteiger partial charge in [0.25, 0.3) is 5.91 Å². The van der Waals surface area contributed by atoms with E-state index in [2.05, 4.69) is 10.6 Å². The van der Waals surface area contributed by atoms with Crippen LogP contribution in [0.1, 0.15) is 42.7 Å². The Labute approximate surface area is 136 Å². The molecular weight excluding hydrogens is 288 g/mol. The zero-order chi connectivity index (χ0) is 16.8. The molecule has 0 aromatic heterocycles. The highest BCUT2D eigenvalue weighted by atomic mass is 16.2. The molecule has 2 rings (SSSR count). The third kappa shape index (κ3) is 4.42. The lowest BCUT2D eigenvalue weighted by molar-refractivity contribution is -0.118. The van der Waals surface area contributed by atoms with E-state index in [0.29, 0.717) is 11.3 Å². The second kappa shape index (κ2) is 7.58. The minimum absolute atomic E-state index is 0.110. The summed E-state index contributed by atoms with van der Waals surface area (Å²) < 4.78 is 0. The quantitative estimate of drug-likeness (QED) is 0.883. The molecular formula is C19H22N2O2. The third-order valence-corrected chi connectivity index (χ3v) is 3.60. The molecule has 0 fully saturated rings. The first-order valence-corrected chi connectivity index (χ1v) is 7.74. The first-order chi connectivity index (χ1) is 11.0. The van der Waals surface area contributed by atoms with E-state index in [9.17, 15) is 9.59 Å². The van der Waals surface area contributed by atoms with Crippen LogP contribution < -0.4 is 10.6 Å². The topological polar surface area (TPSA) is 58.2 Å². The van der Waals surface area contributed by atoms with Gasteiger partial charge in [0.1, 0.15) is 0 Å². The van der Waals surface area contributed by atoms with Gasteiger partial charge in [-0.1, -0.05) is 56.3 Å². The van der Waals surface area contributed by atoms with E-state index in [-0.39, 0.29) is 23.8 Å². The summed E-state index contributed by atoms with van der Waals surface area (Å²) in [6.45, 7) is 5.56. The van der Waals surface area contributed by atoms with Crippen LogP contribution in [0.3, 0.4) is 0 Å². The molecule has 0 saturated heterocycles. The molecule has 1 atom stereocenters. The molecule has 0 aliphatic rings. The summed E-state index contributed by atoms with van der Waals surface area (Å²) in [5.41, 5.74) is 2.03. The minimum atomic E-state index is -0.207. The highest BCUT2D eigenvalue weighted by molar-refractivity contribution is 6.04. The number of nitrogens with one attached hydrogen (secondary N) is 2. The van der Waals surface area contributed by atoms with Crippen molar-refractivity contribution in [2.24, 2.45) is 5.92 Å². The van der Waals surface area contributed by atoms with Gasteiger partial charge >= 0.3 is 0 Å². The van der Waals surface area contributed by atoms with Crippen molar-refractivity contribution in [2.45, 2.75) is 26.8 Å². The van der Waals surface area contributed by atoms with Crippen molar-refractivity contribution in [3.05, 3.63) is 65.7 Å². The smallest absolute Gasteiger partial charge is 0.253 e. The third-order valence-electron chi connectivity index (χ3n) is 3.60. The maximum Gasteiger partial charge on any atom is 0.253 e. The van der Waals surface area contributed by atoms with Crippen LogP contribution in [-0.2, 0) is 4.79 Å². The fourth-order valence-corrected chi connectivity index (χ4v) is 2.17. The molecule has 4 nitrogen and oxygen atoms in total. The second-order valence-corrected chi connectivity index (χ2v) is 5.80. The summed E-state index contributed by atoms with van der Waals surface area (Å²) in [7, 11) is 0. The lowest BCUT2D eigenvalue weighted by atomic mass is 10.1. The van der Waals surface area contributed by atoms with Crippen LogP contribution in [0, 0.1) is 5.92 Å². The Morgan fingerprint density at radius 1 is 0.870 bits per heavy atom. The van der Waals surface area contributed by atoms with Crippen molar-refractivity contribution < 1.29 is 9.59 Å². The summed E-state index contributed by atoms with van der Waals surface area (Å²) >= 11 is 0. The molecule has 2 aromatic rings. The number of rotatable bonds is 5. The van der Waals surface area contributed by atoms with E-state index in [1.54, 1.807) is 24.3 Å². The van der Waals surface area contributed by atoms with Gasteiger partial charge in [0.2, 0.25) is 5.91 Å². The lowest BCUT2D eigenvalue weighted by Gasteiger charge is -2.17. The summed E-state index contributed by atoms with van der Waals surface area (Å²) in [4.78, 5) is 24.4. The van der Waals surface area contributed by atoms with Crippen LogP contribution >= 0.6 is 0 Å². The first-order valence-electron chi connectivity index (χ1n) is 7.74. The average molecular weight is 310 g/mol. The molecule has 0 spiro atoms. The molecule has 0 saturated carbocycles. The van der Waals surface area contributed by atoms with Crippen LogP contribution in [0.25, 0.3) is 0 Å². The van der Waals surface area contributed by atoms with Gasteiger partial charge in [0, 0.05) is 5.92 Å². The van der Waals surface area contributed by atoms with Gasteiger partial charge in [0.05, 0.1) is 17.3 Å². The van der Waals surface area contributed by atoms with Crippen molar-refractivity contribution >= 4 is 17.5 Å². The number of para-hydroxylation sites is 1. The second-order valence-electron chi connectivity index (χ2n) is 5.80. The van der Waals surface area contributed by atoms with E-state index in [4.69, 9.17) is 0 Å². The van der Waals surface area contributed by atoms with Gasteiger partial charge in [0.15, 0.2) is 0 Å². The zero-order valence-corrected chi connectivity index (χ0v) is 13.7. The first kappa shape index (κ1) is 16.7. The van der Waals surface area contributed by atoms with E-state index < -0.39 is 0 Å². The number of carbonyl (C=O) groups is 2. The minimum Gasteiger partial charge on any atom is -0.345 e. The van der Waals surface area contributed by atoms with Crippen molar-refractivity contribution in [3.8, 4) is 0 Å². The maximum absolute atomic E-state index is 12.5. The number of anilines is 1. The molecule has 0 aliphatic heterocycles. The Kier molecular flexibility index (Phi) is 5.52. The van der Waals surface area contributed by atoms with Gasteiger partial charge in [-0.15, -0.1) is 0 Å². The lowest BCUT2D eigenvalue weighted by Crippen LogP contribution is -2.28. The fraction of sp³-hybridized carbons (Fsp3) is 0.263. The fourth-order valence-electron chi connectivity index (χ4n) is 2.17. The number of hydrogen-bond donors (Lipinski definition) is 2. The normalized spacial score (nSPS) is 11.8. The van der Waals surface area contributed by atoms with Gasteiger partial charge in [-0.3, -0.25) is 9.59 Å². The van der Waals surface area contributed by atoms with E-state index >= 15 is 0 Å². The SMILES string of the molecule is CC(C)C(=O)Nc1ccccc1C(=O)NC(C)c1ccccc1. The van der Waals surface area contributed by atoms with Crippen LogP contribution in [0.4, 0.5) is 5.69 Å². The predicted octanol–water partition coefficient (Wildman–Crippen LogP) is 3.77. The summed E-state index contributed by atoms with van der Waals surface area (Å²) in [5.74, 6) is -0.461. The molecule has 0 radical (unpaired) electrons. The van der Waals surface area contributed by atoms with E-state index in [1.807, 2.05) is 51.1 Å². The Hall–Kier alpha value is -2.62. The number of benzene rings is 2. The van der Waals surface area contributed by atoms with Crippen LogP contribution in [0.15, 0.2) is 54.6 Å². The molecule has 0 bridgehead atoms. The van der Waals surface area contributed by atoms with Crippen molar-refractivity contribution in [2.75, 3.05) is 5.32 Å². The Morgan fingerprint density at radius 3 is 2.13 bits per heavy atom. The molecule has 120 valence electrons. The highest BCUT2D eigenvalue weighted by Crippen LogP contribution is 2.18. The van der Waals surface area contributed by atoms with Gasteiger partial charge in [-0.25, -0.2) is 0 Å². The maximum atomic E-state index is 12.5. The number of hydrogen-bond acceptors (Lipinski definition) is 2. The van der Waals surface area contributed by atoms with E-state index in [1.165, 1.54) is 0 Å². The summed E-state index contributed by atoms with van der Waals surface area (Å²) in [6.07, 6.45) is 0. The monoisotopic (exact) mass is 310 g/mol. The molecule has 2 amide bonds. The Bertz CT molecular complexity index is 681. The number of amides is 2. The van der Waals surface area contributed by atoms with E-state index in [0.717, 1.165) is 5.56 Å². The van der Waals surface area contributed by atoms with Crippen LogP contribution in [0.5, 0.6) is 0 Å². The molecule has 1 unspecified atom stereocenters. The Morgan fingerprint density at radius 2 is 1.48 bits per heavy atom. The molecule has 2 N–H and O–H groups in total. The largest absolute Gasteiger partial charge is 0.345 e. The van der Waals surface area contributed by atoms with Crippen molar-refractivity contribution in [1.29, 1.82) is 0 Å². The standard InChI is InChI=1S/C19H22N2O2/c1-13(2)18(22)21-17-12-8-7-11-16(17)19(23)20-14(3)15-9-5-4-6-10-15/h4-14H,1-3H3,(H,20,23)(H,21,22). The zero-order valence-electron chi connectivity index (χ0n) is 13.7. The van der Waals surface area contributed by atoms with Gasteiger partial charge < -0.3 is 10.6 Å². The van der Waals surface area contributed by atoms with Gasteiger partial charge in [-0.2, -0.15) is 0 Å². The summed E-state index contributed by atoms with van der Waals surface area (Å²) in [6, 6.07) is 16.7.